The van der Waals surface area contributed by atoms with Gasteiger partial charge in [0.1, 0.15) is 5.78 Å². The van der Waals surface area contributed by atoms with Gasteiger partial charge in [-0.3, -0.25) is 0 Å². The molecule has 1 nitrogen and oxygen atoms in total. The average molecular weight is 204 g/mol. The van der Waals surface area contributed by atoms with Gasteiger partial charge in [0.15, 0.2) is 0 Å². The van der Waals surface area contributed by atoms with Crippen LogP contribution in [-0.2, 0) is 11.2 Å². The van der Waals surface area contributed by atoms with Gasteiger partial charge in [-0.25, -0.2) is 0 Å². The minimum atomic E-state index is 0.286. The van der Waals surface area contributed by atoms with Gasteiger partial charge >= 0.3 is 0 Å². The van der Waals surface area contributed by atoms with Crippen molar-refractivity contribution >= 4 is 5.78 Å². The molecular weight excluding hydrogens is 184 g/mol. The number of ketones is 1. The lowest BCUT2D eigenvalue weighted by molar-refractivity contribution is -0.117. The van der Waals surface area contributed by atoms with Crippen LogP contribution < -0.4 is 0 Å². The smallest absolute Gasteiger partial charge is 0.129 e. The average Bonchev–Trinajstić information content (AvgIpc) is 2.18. The highest BCUT2D eigenvalue weighted by atomic mass is 16.1. The molecule has 0 aromatic heterocycles. The normalized spacial score (nSPS) is 10.7. The van der Waals surface area contributed by atoms with Crippen molar-refractivity contribution in [1.29, 1.82) is 0 Å². The molecule has 0 aliphatic carbocycles. The summed E-state index contributed by atoms with van der Waals surface area (Å²) in [5.41, 5.74) is 2.71. The first kappa shape index (κ1) is 12.0. The maximum absolute atomic E-state index is 10.8. The van der Waals surface area contributed by atoms with E-state index < -0.39 is 0 Å². The second kappa shape index (κ2) is 5.69. The van der Waals surface area contributed by atoms with Gasteiger partial charge in [-0.15, -0.1) is 0 Å². The number of hydrogen-bond donors (Lipinski definition) is 0. The van der Waals surface area contributed by atoms with Crippen molar-refractivity contribution in [1.82, 2.24) is 0 Å². The van der Waals surface area contributed by atoms with Gasteiger partial charge in [-0.2, -0.15) is 0 Å². The van der Waals surface area contributed by atoms with Crippen LogP contribution in [0.5, 0.6) is 0 Å². The quantitative estimate of drug-likeness (QED) is 0.714. The Morgan fingerprint density at radius 1 is 1.20 bits per heavy atom. The van der Waals surface area contributed by atoms with Crippen LogP contribution >= 0.6 is 0 Å². The topological polar surface area (TPSA) is 17.1 Å². The number of carbonyl (C=O) groups is 1. The molecule has 1 rings (SSSR count). The molecule has 82 valence electrons. The lowest BCUT2D eigenvalue weighted by atomic mass is 10.00. The highest BCUT2D eigenvalue weighted by molar-refractivity contribution is 5.75. The van der Waals surface area contributed by atoms with Crippen molar-refractivity contribution in [3.8, 4) is 0 Å². The molecule has 0 aliphatic rings. The Kier molecular flexibility index (Phi) is 4.54. The fourth-order valence-electron chi connectivity index (χ4n) is 1.61. The minimum absolute atomic E-state index is 0.286. The molecule has 0 atom stereocenters. The van der Waals surface area contributed by atoms with E-state index in [1.54, 1.807) is 6.92 Å². The number of hydrogen-bond acceptors (Lipinski definition) is 1. The largest absolute Gasteiger partial charge is 0.300 e. The van der Waals surface area contributed by atoms with Crippen LogP contribution in [0, 0.1) is 0 Å². The second-order valence-electron chi connectivity index (χ2n) is 4.45. The summed E-state index contributed by atoms with van der Waals surface area (Å²) in [6, 6.07) is 8.73. The Balaban J connectivity index is 2.46. The second-order valence-corrected chi connectivity index (χ2v) is 4.45. The maximum Gasteiger partial charge on any atom is 0.129 e. The summed E-state index contributed by atoms with van der Waals surface area (Å²) in [4.78, 5) is 10.8. The van der Waals surface area contributed by atoms with Gasteiger partial charge in [0.05, 0.1) is 0 Å². The van der Waals surface area contributed by atoms with Gasteiger partial charge < -0.3 is 4.79 Å². The molecule has 0 fully saturated rings. The molecule has 0 heterocycles. The number of Topliss-reactive ketones (excluding diaryl/α,β-unsaturated/α-hetero) is 1. The standard InChI is InChI=1S/C14H20O/c1-11(2)14-9-7-13(8-10-14)6-4-5-12(3)15/h7-11H,4-6H2,1-3H3. The van der Waals surface area contributed by atoms with Crippen molar-refractivity contribution in [3.63, 3.8) is 0 Å². The molecule has 0 N–H and O–H groups in total. The summed E-state index contributed by atoms with van der Waals surface area (Å²) in [6.07, 6.45) is 2.68. The summed E-state index contributed by atoms with van der Waals surface area (Å²) < 4.78 is 0. The van der Waals surface area contributed by atoms with Gasteiger partial charge in [-0.05, 0) is 36.8 Å². The molecule has 0 unspecified atom stereocenters. The lowest BCUT2D eigenvalue weighted by Gasteiger charge is -2.06. The molecule has 0 radical (unpaired) electrons. The third kappa shape index (κ3) is 4.28. The molecule has 0 saturated heterocycles. The van der Waals surface area contributed by atoms with Crippen molar-refractivity contribution in [2.75, 3.05) is 0 Å². The number of benzene rings is 1. The van der Waals surface area contributed by atoms with Crippen molar-refractivity contribution in [3.05, 3.63) is 35.4 Å². The number of carbonyl (C=O) groups excluding carboxylic acids is 1. The van der Waals surface area contributed by atoms with E-state index in [0.29, 0.717) is 12.3 Å². The van der Waals surface area contributed by atoms with E-state index in [-0.39, 0.29) is 5.78 Å². The predicted molar refractivity (Wildman–Crippen MR) is 64.2 cm³/mol. The zero-order valence-corrected chi connectivity index (χ0v) is 9.92. The Labute approximate surface area is 92.5 Å². The van der Waals surface area contributed by atoms with Gasteiger partial charge in [0, 0.05) is 6.42 Å². The van der Waals surface area contributed by atoms with Gasteiger partial charge in [0.2, 0.25) is 0 Å². The Bertz CT molecular complexity index is 309. The molecule has 0 saturated carbocycles. The van der Waals surface area contributed by atoms with Crippen LogP contribution in [-0.4, -0.2) is 5.78 Å². The Hall–Kier alpha value is -1.11. The molecular formula is C14H20O. The minimum Gasteiger partial charge on any atom is -0.300 e. The summed E-state index contributed by atoms with van der Waals surface area (Å²) in [6.45, 7) is 6.05. The number of rotatable bonds is 5. The molecule has 15 heavy (non-hydrogen) atoms. The van der Waals surface area contributed by atoms with Crippen LogP contribution in [0.3, 0.4) is 0 Å². The Morgan fingerprint density at radius 2 is 1.80 bits per heavy atom. The first-order valence-electron chi connectivity index (χ1n) is 5.68. The fourth-order valence-corrected chi connectivity index (χ4v) is 1.61. The molecule has 0 bridgehead atoms. The monoisotopic (exact) mass is 204 g/mol. The van der Waals surface area contributed by atoms with Gasteiger partial charge in [-0.1, -0.05) is 38.1 Å². The Morgan fingerprint density at radius 3 is 2.27 bits per heavy atom. The van der Waals surface area contributed by atoms with Crippen molar-refractivity contribution in [2.24, 2.45) is 0 Å². The van der Waals surface area contributed by atoms with E-state index in [2.05, 4.69) is 38.1 Å². The van der Waals surface area contributed by atoms with E-state index in [9.17, 15) is 4.79 Å². The summed E-state index contributed by atoms with van der Waals surface area (Å²) in [5.74, 6) is 0.880. The van der Waals surface area contributed by atoms with E-state index in [4.69, 9.17) is 0 Å². The summed E-state index contributed by atoms with van der Waals surface area (Å²) in [5, 5.41) is 0. The highest BCUT2D eigenvalue weighted by Crippen LogP contribution is 2.15. The van der Waals surface area contributed by atoms with Gasteiger partial charge in [0.25, 0.3) is 0 Å². The molecule has 1 aromatic rings. The summed E-state index contributed by atoms with van der Waals surface area (Å²) >= 11 is 0. The molecule has 0 amide bonds. The molecule has 0 spiro atoms. The van der Waals surface area contributed by atoms with E-state index in [1.165, 1.54) is 11.1 Å². The maximum atomic E-state index is 10.8. The highest BCUT2D eigenvalue weighted by Gasteiger charge is 1.99. The molecule has 1 aromatic carbocycles. The first-order chi connectivity index (χ1) is 7.09. The number of aryl methyl sites for hydroxylation is 1. The zero-order valence-electron chi connectivity index (χ0n) is 9.92. The van der Waals surface area contributed by atoms with Crippen LogP contribution in [0.2, 0.25) is 0 Å². The van der Waals surface area contributed by atoms with E-state index >= 15 is 0 Å². The SMILES string of the molecule is CC(=O)CCCc1ccc(C(C)C)cc1. The lowest BCUT2D eigenvalue weighted by Crippen LogP contribution is -1.93. The fraction of sp³-hybridized carbons (Fsp3) is 0.500. The first-order valence-corrected chi connectivity index (χ1v) is 5.68. The molecule has 1 heteroatoms. The van der Waals surface area contributed by atoms with Crippen LogP contribution in [0.15, 0.2) is 24.3 Å². The van der Waals surface area contributed by atoms with Crippen molar-refractivity contribution in [2.45, 2.75) is 46.0 Å². The van der Waals surface area contributed by atoms with Crippen LogP contribution in [0.25, 0.3) is 0 Å². The van der Waals surface area contributed by atoms with E-state index in [1.807, 2.05) is 0 Å². The molecule has 0 aliphatic heterocycles. The third-order valence-corrected chi connectivity index (χ3v) is 2.64. The van der Waals surface area contributed by atoms with Crippen molar-refractivity contribution < 1.29 is 4.79 Å². The zero-order chi connectivity index (χ0) is 11.3. The predicted octanol–water partition coefficient (Wildman–Crippen LogP) is 3.72. The van der Waals surface area contributed by atoms with E-state index in [0.717, 1.165) is 12.8 Å². The van der Waals surface area contributed by atoms with Crippen LogP contribution in [0.4, 0.5) is 0 Å². The third-order valence-electron chi connectivity index (χ3n) is 2.64. The van der Waals surface area contributed by atoms with Crippen LogP contribution in [0.1, 0.15) is 50.7 Å². The summed E-state index contributed by atoms with van der Waals surface area (Å²) in [7, 11) is 0.